The van der Waals surface area contributed by atoms with Gasteiger partial charge in [0.15, 0.2) is 0 Å². The molecule has 0 amide bonds. The van der Waals surface area contributed by atoms with Crippen LogP contribution < -0.4 is 9.46 Å². The number of hydrogen-bond acceptors (Lipinski definition) is 6. The minimum absolute atomic E-state index is 0.0272. The zero-order chi connectivity index (χ0) is 19.9. The lowest BCUT2D eigenvalue weighted by atomic mass is 10.2. The van der Waals surface area contributed by atoms with Crippen LogP contribution in [0.25, 0.3) is 6.08 Å². The third-order valence-corrected chi connectivity index (χ3v) is 5.06. The second-order valence-electron chi connectivity index (χ2n) is 5.37. The van der Waals surface area contributed by atoms with E-state index in [1.54, 1.807) is 30.3 Å². The average molecular weight is 386 g/mol. The molecule has 1 N–H and O–H groups in total. The van der Waals surface area contributed by atoms with Gasteiger partial charge in [0.2, 0.25) is 10.0 Å². The normalized spacial score (nSPS) is 11.1. The molecular formula is C19H18N2O5S. The summed E-state index contributed by atoms with van der Waals surface area (Å²) in [6, 6.07) is 13.2. The summed E-state index contributed by atoms with van der Waals surface area (Å²) in [4.78, 5) is 11.8. The lowest BCUT2D eigenvalue weighted by Gasteiger charge is -2.09. The molecule has 8 heteroatoms. The standard InChI is InChI=1S/C19H18N2O5S/c1-21-27(23,24)18-11-14(7-9-17(18)25-2)8-10-19(22)26-13-16-5-3-15(12-20)4-6-16/h3-11,21H,13H2,1-2H3/b10-8+. The van der Waals surface area contributed by atoms with Crippen LogP contribution in [0.2, 0.25) is 0 Å². The fourth-order valence-electron chi connectivity index (χ4n) is 2.16. The van der Waals surface area contributed by atoms with Crippen LogP contribution in [0.4, 0.5) is 0 Å². The number of carbonyl (C=O) groups excluding carboxylic acids is 1. The van der Waals surface area contributed by atoms with Gasteiger partial charge >= 0.3 is 5.97 Å². The molecule has 140 valence electrons. The minimum Gasteiger partial charge on any atom is -0.495 e. The van der Waals surface area contributed by atoms with Gasteiger partial charge in [-0.2, -0.15) is 5.26 Å². The number of carbonyl (C=O) groups is 1. The first-order chi connectivity index (χ1) is 12.9. The molecule has 2 aromatic carbocycles. The van der Waals surface area contributed by atoms with Gasteiger partial charge in [0.1, 0.15) is 17.3 Å². The number of ether oxygens (including phenoxy) is 2. The van der Waals surface area contributed by atoms with E-state index in [-0.39, 0.29) is 17.3 Å². The van der Waals surface area contributed by atoms with E-state index in [0.29, 0.717) is 11.1 Å². The Kier molecular flexibility index (Phi) is 6.71. The van der Waals surface area contributed by atoms with Gasteiger partial charge in [-0.25, -0.2) is 17.9 Å². The Labute approximate surface area is 157 Å². The summed E-state index contributed by atoms with van der Waals surface area (Å²) >= 11 is 0. The Morgan fingerprint density at radius 1 is 1.22 bits per heavy atom. The highest BCUT2D eigenvalue weighted by molar-refractivity contribution is 7.89. The number of methoxy groups -OCH3 is 1. The molecule has 0 aliphatic carbocycles. The maximum Gasteiger partial charge on any atom is 0.331 e. The summed E-state index contributed by atoms with van der Waals surface area (Å²) in [5, 5.41) is 8.75. The van der Waals surface area contributed by atoms with Crippen LogP contribution in [0.5, 0.6) is 5.75 Å². The first-order valence-corrected chi connectivity index (χ1v) is 9.33. The van der Waals surface area contributed by atoms with Gasteiger partial charge in [-0.3, -0.25) is 0 Å². The maximum atomic E-state index is 12.0. The molecule has 0 radical (unpaired) electrons. The minimum atomic E-state index is -3.70. The number of rotatable bonds is 7. The maximum absolute atomic E-state index is 12.0. The molecule has 0 spiro atoms. The van der Waals surface area contributed by atoms with Crippen LogP contribution in [0.1, 0.15) is 16.7 Å². The Morgan fingerprint density at radius 3 is 2.52 bits per heavy atom. The van der Waals surface area contributed by atoms with E-state index in [4.69, 9.17) is 14.7 Å². The van der Waals surface area contributed by atoms with Gasteiger partial charge in [0, 0.05) is 6.08 Å². The van der Waals surface area contributed by atoms with Crippen molar-refractivity contribution in [2.24, 2.45) is 0 Å². The second-order valence-corrected chi connectivity index (χ2v) is 7.22. The van der Waals surface area contributed by atoms with Crippen molar-refractivity contribution in [3.63, 3.8) is 0 Å². The molecule has 0 aromatic heterocycles. The van der Waals surface area contributed by atoms with Crippen LogP contribution in [0.3, 0.4) is 0 Å². The second kappa shape index (κ2) is 8.98. The first-order valence-electron chi connectivity index (χ1n) is 7.85. The fourth-order valence-corrected chi connectivity index (χ4v) is 3.09. The molecule has 0 bridgehead atoms. The number of hydrogen-bond donors (Lipinski definition) is 1. The first kappa shape index (κ1) is 20.2. The average Bonchev–Trinajstić information content (AvgIpc) is 2.70. The molecule has 7 nitrogen and oxygen atoms in total. The molecule has 0 saturated carbocycles. The van der Waals surface area contributed by atoms with Crippen LogP contribution in [0, 0.1) is 11.3 Å². The fraction of sp³-hybridized carbons (Fsp3) is 0.158. The highest BCUT2D eigenvalue weighted by Crippen LogP contribution is 2.25. The zero-order valence-electron chi connectivity index (χ0n) is 14.8. The Balaban J connectivity index is 2.07. The topological polar surface area (TPSA) is 105 Å². The van der Waals surface area contributed by atoms with Crippen LogP contribution >= 0.6 is 0 Å². The van der Waals surface area contributed by atoms with Crippen molar-refractivity contribution in [3.05, 3.63) is 65.2 Å². The molecular weight excluding hydrogens is 368 g/mol. The monoisotopic (exact) mass is 386 g/mol. The molecule has 0 aliphatic rings. The van der Waals surface area contributed by atoms with Gasteiger partial charge in [-0.15, -0.1) is 0 Å². The van der Waals surface area contributed by atoms with E-state index in [1.807, 2.05) is 6.07 Å². The van der Waals surface area contributed by atoms with Gasteiger partial charge in [0.05, 0.1) is 18.7 Å². The summed E-state index contributed by atoms with van der Waals surface area (Å²) in [6.07, 6.45) is 2.66. The lowest BCUT2D eigenvalue weighted by Crippen LogP contribution is -2.19. The Morgan fingerprint density at radius 2 is 1.93 bits per heavy atom. The summed E-state index contributed by atoms with van der Waals surface area (Å²) in [6.45, 7) is 0.0663. The van der Waals surface area contributed by atoms with Crippen LogP contribution in [-0.4, -0.2) is 28.5 Å². The molecule has 2 aromatic rings. The number of esters is 1. The van der Waals surface area contributed by atoms with E-state index in [9.17, 15) is 13.2 Å². The highest BCUT2D eigenvalue weighted by Gasteiger charge is 2.17. The molecule has 27 heavy (non-hydrogen) atoms. The predicted octanol–water partition coefficient (Wildman–Crippen LogP) is 2.23. The van der Waals surface area contributed by atoms with Crippen molar-refractivity contribution in [1.29, 1.82) is 5.26 Å². The van der Waals surface area contributed by atoms with Crippen molar-refractivity contribution in [1.82, 2.24) is 4.72 Å². The van der Waals surface area contributed by atoms with Gasteiger partial charge in [-0.1, -0.05) is 18.2 Å². The van der Waals surface area contributed by atoms with E-state index >= 15 is 0 Å². The Hall–Kier alpha value is -3.15. The van der Waals surface area contributed by atoms with Gasteiger partial charge < -0.3 is 9.47 Å². The number of sulfonamides is 1. The van der Waals surface area contributed by atoms with Crippen molar-refractivity contribution in [3.8, 4) is 11.8 Å². The van der Waals surface area contributed by atoms with Crippen molar-refractivity contribution >= 4 is 22.1 Å². The van der Waals surface area contributed by atoms with E-state index in [0.717, 1.165) is 5.56 Å². The Bertz CT molecular complexity index is 990. The van der Waals surface area contributed by atoms with Gasteiger partial charge in [-0.05, 0) is 48.5 Å². The SMILES string of the molecule is CNS(=O)(=O)c1cc(/C=C/C(=O)OCc2ccc(C#N)cc2)ccc1OC. The van der Waals surface area contributed by atoms with E-state index < -0.39 is 16.0 Å². The number of nitrogens with one attached hydrogen (secondary N) is 1. The lowest BCUT2D eigenvalue weighted by molar-refractivity contribution is -0.138. The number of benzene rings is 2. The third kappa shape index (κ3) is 5.41. The predicted molar refractivity (Wildman–Crippen MR) is 99.2 cm³/mol. The summed E-state index contributed by atoms with van der Waals surface area (Å²) in [5.74, 6) is -0.377. The highest BCUT2D eigenvalue weighted by atomic mass is 32.2. The zero-order valence-corrected chi connectivity index (χ0v) is 15.6. The molecule has 0 unspecified atom stereocenters. The smallest absolute Gasteiger partial charge is 0.331 e. The molecule has 0 saturated heterocycles. The van der Waals surface area contributed by atoms with Crippen molar-refractivity contribution in [2.75, 3.05) is 14.2 Å². The van der Waals surface area contributed by atoms with E-state index in [2.05, 4.69) is 4.72 Å². The molecule has 0 fully saturated rings. The van der Waals surface area contributed by atoms with Gasteiger partial charge in [0.25, 0.3) is 0 Å². The number of nitrogens with zero attached hydrogens (tertiary/aromatic N) is 1. The van der Waals surface area contributed by atoms with Crippen molar-refractivity contribution < 1.29 is 22.7 Å². The number of nitriles is 1. The largest absolute Gasteiger partial charge is 0.495 e. The summed E-state index contributed by atoms with van der Waals surface area (Å²) in [5.41, 5.74) is 1.78. The summed E-state index contributed by atoms with van der Waals surface area (Å²) < 4.78 is 36.5. The third-order valence-electron chi connectivity index (χ3n) is 3.62. The van der Waals surface area contributed by atoms with E-state index in [1.165, 1.54) is 38.4 Å². The molecule has 0 aliphatic heterocycles. The molecule has 0 atom stereocenters. The molecule has 2 rings (SSSR count). The summed E-state index contributed by atoms with van der Waals surface area (Å²) in [7, 11) is -1.02. The van der Waals surface area contributed by atoms with Crippen LogP contribution in [0.15, 0.2) is 53.4 Å². The van der Waals surface area contributed by atoms with Crippen LogP contribution in [-0.2, 0) is 26.2 Å². The van der Waals surface area contributed by atoms with Crippen molar-refractivity contribution in [2.45, 2.75) is 11.5 Å². The molecule has 0 heterocycles. The quantitative estimate of drug-likeness (QED) is 0.578.